The number of morpholine rings is 1. The molecule has 0 amide bonds. The Labute approximate surface area is 113 Å². The van der Waals surface area contributed by atoms with Gasteiger partial charge in [0.25, 0.3) is 0 Å². The summed E-state index contributed by atoms with van der Waals surface area (Å²) >= 11 is 3.42. The molecule has 92 valence electrons. The van der Waals surface area contributed by atoms with Crippen molar-refractivity contribution in [2.75, 3.05) is 31.2 Å². The first-order chi connectivity index (χ1) is 8.81. The predicted octanol–water partition coefficient (Wildman–Crippen LogP) is 1.31. The first kappa shape index (κ1) is 11.5. The van der Waals surface area contributed by atoms with Crippen molar-refractivity contribution < 1.29 is 4.74 Å². The van der Waals surface area contributed by atoms with E-state index in [2.05, 4.69) is 36.8 Å². The maximum Gasteiger partial charge on any atom is 0.179 e. The van der Waals surface area contributed by atoms with E-state index in [1.165, 1.54) is 0 Å². The number of halogens is 1. The highest BCUT2D eigenvalue weighted by atomic mass is 79.9. The Morgan fingerprint density at radius 2 is 2.17 bits per heavy atom. The van der Waals surface area contributed by atoms with Crippen LogP contribution in [0.2, 0.25) is 0 Å². The lowest BCUT2D eigenvalue weighted by Crippen LogP contribution is -2.36. The Morgan fingerprint density at radius 1 is 1.39 bits per heavy atom. The van der Waals surface area contributed by atoms with Gasteiger partial charge < -0.3 is 9.64 Å². The van der Waals surface area contributed by atoms with Crippen molar-refractivity contribution in [2.24, 2.45) is 0 Å². The third kappa shape index (κ3) is 1.76. The molecule has 0 atom stereocenters. The predicted molar refractivity (Wildman–Crippen MR) is 71.7 cm³/mol. The molecule has 0 bridgehead atoms. The van der Waals surface area contributed by atoms with Crippen LogP contribution >= 0.6 is 15.9 Å². The monoisotopic (exact) mass is 306 g/mol. The number of rotatable bonds is 1. The second kappa shape index (κ2) is 4.59. The van der Waals surface area contributed by atoms with Crippen molar-refractivity contribution in [1.82, 2.24) is 14.6 Å². The van der Waals surface area contributed by atoms with Crippen LogP contribution in [0.5, 0.6) is 0 Å². The highest BCUT2D eigenvalue weighted by Crippen LogP contribution is 2.25. The first-order valence-corrected chi connectivity index (χ1v) is 6.43. The molecule has 0 radical (unpaired) electrons. The van der Waals surface area contributed by atoms with E-state index in [0.717, 1.165) is 42.2 Å². The Hall–Kier alpha value is -1.58. The number of fused-ring (bicyclic) bond motifs is 1. The minimum atomic E-state index is 0.572. The van der Waals surface area contributed by atoms with Gasteiger partial charge in [-0.25, -0.2) is 9.50 Å². The molecule has 0 unspecified atom stereocenters. The number of hydrogen-bond acceptors (Lipinski definition) is 4. The molecule has 2 aromatic rings. The molecule has 2 aromatic heterocycles. The summed E-state index contributed by atoms with van der Waals surface area (Å²) in [5, 5.41) is 4.26. The largest absolute Gasteiger partial charge is 0.378 e. The molecule has 0 aliphatic carbocycles. The Kier molecular flexibility index (Phi) is 2.94. The Morgan fingerprint density at radius 3 is 2.89 bits per heavy atom. The number of imidazole rings is 1. The van der Waals surface area contributed by atoms with Gasteiger partial charge in [0, 0.05) is 13.1 Å². The number of ether oxygens (including phenoxy) is 1. The minimum Gasteiger partial charge on any atom is -0.378 e. The normalized spacial score (nSPS) is 15.9. The van der Waals surface area contributed by atoms with Crippen molar-refractivity contribution in [3.63, 3.8) is 0 Å². The van der Waals surface area contributed by atoms with Crippen LogP contribution < -0.4 is 4.90 Å². The fourth-order valence-corrected chi connectivity index (χ4v) is 2.51. The van der Waals surface area contributed by atoms with Crippen molar-refractivity contribution in [2.45, 2.75) is 0 Å². The number of terminal acetylenes is 1. The molecule has 0 aromatic carbocycles. The molecule has 0 N–H and O–H groups in total. The average Bonchev–Trinajstić information content (AvgIpc) is 2.77. The van der Waals surface area contributed by atoms with Gasteiger partial charge in [0.1, 0.15) is 10.3 Å². The third-order valence-electron chi connectivity index (χ3n) is 2.93. The van der Waals surface area contributed by atoms with Crippen molar-refractivity contribution in [3.8, 4) is 12.3 Å². The summed E-state index contributed by atoms with van der Waals surface area (Å²) in [6.07, 6.45) is 7.18. The lowest BCUT2D eigenvalue weighted by atomic mass is 10.3. The van der Waals surface area contributed by atoms with Crippen molar-refractivity contribution >= 4 is 27.3 Å². The van der Waals surface area contributed by atoms with Gasteiger partial charge in [0.15, 0.2) is 5.65 Å². The lowest BCUT2D eigenvalue weighted by Gasteiger charge is -2.28. The molecular weight excluding hydrogens is 296 g/mol. The van der Waals surface area contributed by atoms with Gasteiger partial charge in [-0.3, -0.25) is 0 Å². The zero-order valence-electron chi connectivity index (χ0n) is 9.64. The van der Waals surface area contributed by atoms with Crippen LogP contribution in [-0.2, 0) is 4.74 Å². The molecule has 0 saturated carbocycles. The van der Waals surface area contributed by atoms with Gasteiger partial charge in [-0.05, 0) is 27.9 Å². The molecule has 1 fully saturated rings. The summed E-state index contributed by atoms with van der Waals surface area (Å²) in [5.41, 5.74) is 2.39. The number of hydrogen-bond donors (Lipinski definition) is 0. The van der Waals surface area contributed by atoms with E-state index in [9.17, 15) is 0 Å². The van der Waals surface area contributed by atoms with Gasteiger partial charge in [-0.1, -0.05) is 0 Å². The molecule has 6 heteroatoms. The lowest BCUT2D eigenvalue weighted by molar-refractivity contribution is 0.123. The molecule has 3 heterocycles. The van der Waals surface area contributed by atoms with Crippen LogP contribution in [0.4, 0.5) is 5.69 Å². The first-order valence-electron chi connectivity index (χ1n) is 5.64. The summed E-state index contributed by atoms with van der Waals surface area (Å²) in [5.74, 6) is 2.55. The van der Waals surface area contributed by atoms with Gasteiger partial charge in [-0.15, -0.1) is 6.42 Å². The maximum absolute atomic E-state index is 5.43. The fourth-order valence-electron chi connectivity index (χ4n) is 2.05. The number of aromatic nitrogens is 3. The molecular formula is C12H11BrN4O. The molecule has 18 heavy (non-hydrogen) atoms. The van der Waals surface area contributed by atoms with E-state index in [4.69, 9.17) is 11.2 Å². The fraction of sp³-hybridized carbons (Fsp3) is 0.333. The number of anilines is 1. The summed E-state index contributed by atoms with van der Waals surface area (Å²) in [7, 11) is 0. The molecule has 3 rings (SSSR count). The van der Waals surface area contributed by atoms with E-state index in [0.29, 0.717) is 5.69 Å². The second-order valence-corrected chi connectivity index (χ2v) is 4.70. The summed E-state index contributed by atoms with van der Waals surface area (Å²) in [6, 6.07) is 1.96. The van der Waals surface area contributed by atoms with E-state index < -0.39 is 0 Å². The van der Waals surface area contributed by atoms with Crippen LogP contribution in [0.1, 0.15) is 5.69 Å². The van der Waals surface area contributed by atoms with Crippen molar-refractivity contribution in [3.05, 3.63) is 22.6 Å². The van der Waals surface area contributed by atoms with Gasteiger partial charge in [-0.2, -0.15) is 5.10 Å². The SMILES string of the molecule is C#Cc1nc2c(N3CCOCC3)ccnn2c1Br. The Bertz CT molecular complexity index is 625. The van der Waals surface area contributed by atoms with Crippen LogP contribution in [0.25, 0.3) is 5.65 Å². The van der Waals surface area contributed by atoms with Gasteiger partial charge >= 0.3 is 0 Å². The summed E-state index contributed by atoms with van der Waals surface area (Å²) in [4.78, 5) is 6.68. The quantitative estimate of drug-likeness (QED) is 0.745. The van der Waals surface area contributed by atoms with Crippen LogP contribution in [0, 0.1) is 12.3 Å². The van der Waals surface area contributed by atoms with Gasteiger partial charge in [0.05, 0.1) is 25.1 Å². The van der Waals surface area contributed by atoms with E-state index in [1.54, 1.807) is 10.7 Å². The zero-order chi connectivity index (χ0) is 12.5. The summed E-state index contributed by atoms with van der Waals surface area (Å²) in [6.45, 7) is 3.18. The smallest absolute Gasteiger partial charge is 0.179 e. The number of nitrogens with zero attached hydrogens (tertiary/aromatic N) is 4. The Balaban J connectivity index is 2.15. The maximum atomic E-state index is 5.43. The zero-order valence-corrected chi connectivity index (χ0v) is 11.2. The van der Waals surface area contributed by atoms with E-state index in [-0.39, 0.29) is 0 Å². The van der Waals surface area contributed by atoms with Crippen LogP contribution in [0.3, 0.4) is 0 Å². The third-order valence-corrected chi connectivity index (χ3v) is 3.64. The van der Waals surface area contributed by atoms with Crippen LogP contribution in [0.15, 0.2) is 16.9 Å². The molecule has 1 aliphatic rings. The second-order valence-electron chi connectivity index (χ2n) is 3.95. The van der Waals surface area contributed by atoms with E-state index in [1.807, 2.05) is 6.07 Å². The highest BCUT2D eigenvalue weighted by molar-refractivity contribution is 9.10. The van der Waals surface area contributed by atoms with Crippen LogP contribution in [-0.4, -0.2) is 40.9 Å². The van der Waals surface area contributed by atoms with Gasteiger partial charge in [0.2, 0.25) is 0 Å². The molecule has 1 aliphatic heterocycles. The standard InChI is InChI=1S/C12H11BrN4O/c1-2-9-11(13)17-12(15-9)10(3-4-14-17)16-5-7-18-8-6-16/h1,3-4H,5-8H2. The van der Waals surface area contributed by atoms with E-state index >= 15 is 0 Å². The molecule has 1 saturated heterocycles. The average molecular weight is 307 g/mol. The highest BCUT2D eigenvalue weighted by Gasteiger charge is 2.18. The molecule has 0 spiro atoms. The topological polar surface area (TPSA) is 42.7 Å². The summed E-state index contributed by atoms with van der Waals surface area (Å²) < 4.78 is 7.80. The van der Waals surface area contributed by atoms with Crippen molar-refractivity contribution in [1.29, 1.82) is 0 Å². The molecule has 5 nitrogen and oxygen atoms in total. The minimum absolute atomic E-state index is 0.572.